The number of hydrogen-bond donors (Lipinski definition) is 1. The van der Waals surface area contributed by atoms with Crippen molar-refractivity contribution in [3.05, 3.63) is 35.6 Å². The van der Waals surface area contributed by atoms with Gasteiger partial charge in [-0.05, 0) is 49.9 Å². The van der Waals surface area contributed by atoms with Gasteiger partial charge in [0.15, 0.2) is 0 Å². The molecule has 0 bridgehead atoms. The van der Waals surface area contributed by atoms with Crippen molar-refractivity contribution in [2.24, 2.45) is 5.73 Å². The smallest absolute Gasteiger partial charge is 0.239 e. The normalized spacial score (nSPS) is 23.9. The van der Waals surface area contributed by atoms with Gasteiger partial charge in [-0.15, -0.1) is 0 Å². The quantitative estimate of drug-likeness (QED) is 0.925. The Balaban J connectivity index is 1.62. The Kier molecular flexibility index (Phi) is 4.74. The van der Waals surface area contributed by atoms with Gasteiger partial charge in [-0.25, -0.2) is 4.39 Å². The zero-order valence-corrected chi connectivity index (χ0v) is 12.9. The molecular formula is C17H24FN3O. The summed E-state index contributed by atoms with van der Waals surface area (Å²) in [6.07, 6.45) is 3.76. The third-order valence-corrected chi connectivity index (χ3v) is 4.80. The molecule has 2 fully saturated rings. The first kappa shape index (κ1) is 15.4. The molecule has 2 heterocycles. The van der Waals surface area contributed by atoms with Crippen LogP contribution in [0.3, 0.4) is 0 Å². The summed E-state index contributed by atoms with van der Waals surface area (Å²) in [5, 5.41) is 0. The summed E-state index contributed by atoms with van der Waals surface area (Å²) in [5.41, 5.74) is 6.97. The van der Waals surface area contributed by atoms with Crippen LogP contribution in [0.1, 0.15) is 31.2 Å². The summed E-state index contributed by atoms with van der Waals surface area (Å²) in [7, 11) is 0. The highest BCUT2D eigenvalue weighted by Crippen LogP contribution is 2.23. The molecule has 1 unspecified atom stereocenters. The zero-order chi connectivity index (χ0) is 15.5. The van der Waals surface area contributed by atoms with Crippen LogP contribution >= 0.6 is 0 Å². The van der Waals surface area contributed by atoms with E-state index in [1.807, 2.05) is 4.90 Å². The molecule has 0 saturated carbocycles. The number of carbonyl (C=O) groups excluding carboxylic acids is 1. The first-order valence-corrected chi connectivity index (χ1v) is 8.16. The summed E-state index contributed by atoms with van der Waals surface area (Å²) in [6, 6.07) is 6.77. The third-order valence-electron chi connectivity index (χ3n) is 4.80. The van der Waals surface area contributed by atoms with E-state index < -0.39 is 0 Å². The molecule has 0 aliphatic carbocycles. The Morgan fingerprint density at radius 2 is 1.82 bits per heavy atom. The molecule has 5 heteroatoms. The van der Waals surface area contributed by atoms with Gasteiger partial charge < -0.3 is 10.6 Å². The minimum absolute atomic E-state index is 0.0284. The fourth-order valence-electron chi connectivity index (χ4n) is 3.45. The van der Waals surface area contributed by atoms with E-state index in [1.54, 1.807) is 12.1 Å². The maximum Gasteiger partial charge on any atom is 0.239 e. The SMILES string of the molecule is NC1CCN(C(=O)C2CCCN2Cc2ccc(F)cc2)CC1. The lowest BCUT2D eigenvalue weighted by Crippen LogP contribution is -2.50. The second-order valence-electron chi connectivity index (χ2n) is 6.42. The summed E-state index contributed by atoms with van der Waals surface area (Å²) in [6.45, 7) is 3.20. The molecule has 1 atom stereocenters. The van der Waals surface area contributed by atoms with Crippen LogP contribution in [0.4, 0.5) is 4.39 Å². The molecule has 1 amide bonds. The van der Waals surface area contributed by atoms with Crippen molar-refractivity contribution in [2.45, 2.75) is 44.3 Å². The maximum absolute atomic E-state index is 13.0. The Morgan fingerprint density at radius 1 is 1.14 bits per heavy atom. The molecule has 3 rings (SSSR count). The van der Waals surface area contributed by atoms with Crippen molar-refractivity contribution in [3.8, 4) is 0 Å². The van der Waals surface area contributed by atoms with Crippen molar-refractivity contribution in [1.82, 2.24) is 9.80 Å². The van der Waals surface area contributed by atoms with Crippen molar-refractivity contribution in [1.29, 1.82) is 0 Å². The van der Waals surface area contributed by atoms with Crippen LogP contribution in [-0.4, -0.2) is 47.4 Å². The molecule has 22 heavy (non-hydrogen) atoms. The first-order valence-electron chi connectivity index (χ1n) is 8.16. The van der Waals surface area contributed by atoms with E-state index in [9.17, 15) is 9.18 Å². The number of nitrogens with zero attached hydrogens (tertiary/aromatic N) is 2. The molecule has 0 radical (unpaired) electrons. The lowest BCUT2D eigenvalue weighted by Gasteiger charge is -2.34. The van der Waals surface area contributed by atoms with Crippen molar-refractivity contribution < 1.29 is 9.18 Å². The van der Waals surface area contributed by atoms with Gasteiger partial charge in [0.05, 0.1) is 6.04 Å². The number of benzene rings is 1. The highest BCUT2D eigenvalue weighted by Gasteiger charge is 2.34. The standard InChI is InChI=1S/C17H24FN3O/c18-14-5-3-13(4-6-14)12-21-9-1-2-16(21)17(22)20-10-7-15(19)8-11-20/h3-6,15-16H,1-2,7-12,19H2. The van der Waals surface area contributed by atoms with Gasteiger partial charge in [-0.3, -0.25) is 9.69 Å². The minimum atomic E-state index is -0.220. The van der Waals surface area contributed by atoms with Gasteiger partial charge in [0.2, 0.25) is 5.91 Å². The Hall–Kier alpha value is -1.46. The van der Waals surface area contributed by atoms with Gasteiger partial charge in [-0.2, -0.15) is 0 Å². The second-order valence-corrected chi connectivity index (χ2v) is 6.42. The molecule has 2 aliphatic rings. The average molecular weight is 305 g/mol. The number of carbonyl (C=O) groups is 1. The van der Waals surface area contributed by atoms with Gasteiger partial charge in [-0.1, -0.05) is 12.1 Å². The van der Waals surface area contributed by atoms with E-state index in [0.29, 0.717) is 6.54 Å². The number of hydrogen-bond acceptors (Lipinski definition) is 3. The minimum Gasteiger partial charge on any atom is -0.341 e. The van der Waals surface area contributed by atoms with Crippen LogP contribution < -0.4 is 5.73 Å². The highest BCUT2D eigenvalue weighted by atomic mass is 19.1. The predicted octanol–water partition coefficient (Wildman–Crippen LogP) is 1.74. The fourth-order valence-corrected chi connectivity index (χ4v) is 3.45. The van der Waals surface area contributed by atoms with Gasteiger partial charge in [0.1, 0.15) is 5.82 Å². The molecule has 0 spiro atoms. The molecule has 2 N–H and O–H groups in total. The van der Waals surface area contributed by atoms with E-state index in [2.05, 4.69) is 4.90 Å². The third kappa shape index (κ3) is 3.47. The Bertz CT molecular complexity index is 511. The highest BCUT2D eigenvalue weighted by molar-refractivity contribution is 5.82. The van der Waals surface area contributed by atoms with Crippen LogP contribution in [0.25, 0.3) is 0 Å². The zero-order valence-electron chi connectivity index (χ0n) is 12.9. The Labute approximate surface area is 131 Å². The van der Waals surface area contributed by atoms with Gasteiger partial charge in [0, 0.05) is 25.7 Å². The fraction of sp³-hybridized carbons (Fsp3) is 0.588. The summed E-state index contributed by atoms with van der Waals surface area (Å²) in [5.74, 6) is 0.0222. The monoisotopic (exact) mass is 305 g/mol. The molecule has 4 nitrogen and oxygen atoms in total. The maximum atomic E-state index is 13.0. The van der Waals surface area contributed by atoms with E-state index in [1.165, 1.54) is 12.1 Å². The number of piperidine rings is 1. The van der Waals surface area contributed by atoms with E-state index in [-0.39, 0.29) is 23.8 Å². The molecule has 120 valence electrons. The first-order chi connectivity index (χ1) is 10.6. The summed E-state index contributed by atoms with van der Waals surface area (Å²) in [4.78, 5) is 16.9. The average Bonchev–Trinajstić information content (AvgIpc) is 2.98. The molecular weight excluding hydrogens is 281 g/mol. The van der Waals surface area contributed by atoms with Gasteiger partial charge in [0.25, 0.3) is 0 Å². The van der Waals surface area contributed by atoms with Crippen molar-refractivity contribution >= 4 is 5.91 Å². The lowest BCUT2D eigenvalue weighted by atomic mass is 10.0. The second kappa shape index (κ2) is 6.75. The number of nitrogens with two attached hydrogens (primary N) is 1. The van der Waals surface area contributed by atoms with Crippen LogP contribution in [0.15, 0.2) is 24.3 Å². The molecule has 1 aromatic rings. The van der Waals surface area contributed by atoms with E-state index in [0.717, 1.165) is 50.9 Å². The van der Waals surface area contributed by atoms with E-state index >= 15 is 0 Å². The number of rotatable bonds is 3. The molecule has 1 aromatic carbocycles. The van der Waals surface area contributed by atoms with Crippen molar-refractivity contribution in [2.75, 3.05) is 19.6 Å². The van der Waals surface area contributed by atoms with Crippen LogP contribution in [-0.2, 0) is 11.3 Å². The molecule has 2 saturated heterocycles. The molecule has 2 aliphatic heterocycles. The van der Waals surface area contributed by atoms with Crippen LogP contribution in [0.2, 0.25) is 0 Å². The number of amides is 1. The Morgan fingerprint density at radius 3 is 2.50 bits per heavy atom. The van der Waals surface area contributed by atoms with Crippen molar-refractivity contribution in [3.63, 3.8) is 0 Å². The number of likely N-dealkylation sites (tertiary alicyclic amines) is 2. The van der Waals surface area contributed by atoms with E-state index in [4.69, 9.17) is 5.73 Å². The number of halogens is 1. The van der Waals surface area contributed by atoms with Crippen LogP contribution in [0, 0.1) is 5.82 Å². The predicted molar refractivity (Wildman–Crippen MR) is 83.6 cm³/mol. The lowest BCUT2D eigenvalue weighted by molar-refractivity contribution is -0.137. The summed E-state index contributed by atoms with van der Waals surface area (Å²) < 4.78 is 13.0. The van der Waals surface area contributed by atoms with Gasteiger partial charge >= 0.3 is 0 Å². The summed E-state index contributed by atoms with van der Waals surface area (Å²) >= 11 is 0. The largest absolute Gasteiger partial charge is 0.341 e. The van der Waals surface area contributed by atoms with Crippen LogP contribution in [0.5, 0.6) is 0 Å². The topological polar surface area (TPSA) is 49.6 Å². The molecule has 0 aromatic heterocycles.